The summed E-state index contributed by atoms with van der Waals surface area (Å²) < 4.78 is -0.574. The molecule has 1 N–H and O–H groups in total. The van der Waals surface area contributed by atoms with E-state index in [-0.39, 0.29) is 11.7 Å². The molecule has 0 radical (unpaired) electrons. The Morgan fingerprint density at radius 1 is 1.21 bits per heavy atom. The van der Waals surface area contributed by atoms with E-state index in [0.717, 1.165) is 5.69 Å². The molecular formula is C15H20BrNO2. The lowest BCUT2D eigenvalue weighted by atomic mass is 10.0. The van der Waals surface area contributed by atoms with Crippen LogP contribution < -0.4 is 5.32 Å². The van der Waals surface area contributed by atoms with Crippen LogP contribution in [0.2, 0.25) is 0 Å². The molecule has 0 saturated carbocycles. The van der Waals surface area contributed by atoms with Crippen LogP contribution in [-0.4, -0.2) is 16.0 Å². The summed E-state index contributed by atoms with van der Waals surface area (Å²) in [6, 6.07) is 6.97. The molecule has 0 aliphatic carbocycles. The quantitative estimate of drug-likeness (QED) is 0.656. The molecular weight excluding hydrogens is 306 g/mol. The molecule has 0 aliphatic rings. The van der Waals surface area contributed by atoms with Crippen molar-refractivity contribution in [2.75, 3.05) is 5.32 Å². The topological polar surface area (TPSA) is 46.2 Å². The first-order valence-corrected chi connectivity index (χ1v) is 7.13. The van der Waals surface area contributed by atoms with Crippen molar-refractivity contribution < 1.29 is 9.59 Å². The molecule has 0 aromatic heterocycles. The second-order valence-electron chi connectivity index (χ2n) is 5.53. The fourth-order valence-electron chi connectivity index (χ4n) is 1.63. The van der Waals surface area contributed by atoms with Gasteiger partial charge in [-0.1, -0.05) is 29.8 Å². The van der Waals surface area contributed by atoms with Gasteiger partial charge in [0.2, 0.25) is 5.91 Å². The number of amides is 1. The summed E-state index contributed by atoms with van der Waals surface area (Å²) in [6.45, 7) is 7.63. The number of halogens is 1. The molecule has 1 amide bonds. The SMILES string of the molecule is CC(C)CC(=O)Nc1ccc(C(=O)C(C)(C)Br)cc1. The first-order chi connectivity index (χ1) is 8.70. The third-order valence-corrected chi connectivity index (χ3v) is 2.92. The normalized spacial score (nSPS) is 11.5. The highest BCUT2D eigenvalue weighted by Gasteiger charge is 2.24. The van der Waals surface area contributed by atoms with Crippen LogP contribution in [-0.2, 0) is 4.79 Å². The predicted octanol–water partition coefficient (Wildman–Crippen LogP) is 4.03. The predicted molar refractivity (Wildman–Crippen MR) is 81.9 cm³/mol. The maximum Gasteiger partial charge on any atom is 0.224 e. The van der Waals surface area contributed by atoms with Gasteiger partial charge in [-0.2, -0.15) is 0 Å². The van der Waals surface area contributed by atoms with Gasteiger partial charge < -0.3 is 5.32 Å². The standard InChI is InChI=1S/C15H20BrNO2/c1-10(2)9-13(18)17-12-7-5-11(6-8-12)14(19)15(3,4)16/h5-8,10H,9H2,1-4H3,(H,17,18). The number of hydrogen-bond donors (Lipinski definition) is 1. The average Bonchev–Trinajstić information content (AvgIpc) is 2.26. The van der Waals surface area contributed by atoms with Crippen LogP contribution in [0.4, 0.5) is 5.69 Å². The summed E-state index contributed by atoms with van der Waals surface area (Å²) in [4.78, 5) is 23.6. The number of carbonyl (C=O) groups is 2. The van der Waals surface area contributed by atoms with Crippen LogP contribution in [0.25, 0.3) is 0 Å². The largest absolute Gasteiger partial charge is 0.326 e. The van der Waals surface area contributed by atoms with Crippen LogP contribution in [0.1, 0.15) is 44.5 Å². The summed E-state index contributed by atoms with van der Waals surface area (Å²) >= 11 is 3.35. The minimum absolute atomic E-state index is 0.00472. The van der Waals surface area contributed by atoms with Crippen LogP contribution in [0, 0.1) is 5.92 Å². The maximum atomic E-state index is 12.0. The fourth-order valence-corrected chi connectivity index (χ4v) is 1.86. The number of carbonyl (C=O) groups excluding carboxylic acids is 2. The summed E-state index contributed by atoms with van der Waals surface area (Å²) in [5, 5.41) is 2.82. The van der Waals surface area contributed by atoms with Crippen LogP contribution >= 0.6 is 15.9 Å². The van der Waals surface area contributed by atoms with Gasteiger partial charge in [0.1, 0.15) is 0 Å². The molecule has 104 valence electrons. The van der Waals surface area contributed by atoms with Crippen molar-refractivity contribution in [3.8, 4) is 0 Å². The molecule has 0 aliphatic heterocycles. The highest BCUT2D eigenvalue weighted by molar-refractivity contribution is 9.10. The summed E-state index contributed by atoms with van der Waals surface area (Å²) in [5.74, 6) is 0.345. The van der Waals surface area contributed by atoms with E-state index in [2.05, 4.69) is 21.2 Å². The Hall–Kier alpha value is -1.16. The number of hydrogen-bond acceptors (Lipinski definition) is 2. The number of benzene rings is 1. The number of rotatable bonds is 5. The van der Waals surface area contributed by atoms with Crippen molar-refractivity contribution in [2.24, 2.45) is 5.92 Å². The summed E-state index contributed by atoms with van der Waals surface area (Å²) in [6.07, 6.45) is 0.495. The van der Waals surface area contributed by atoms with Crippen molar-refractivity contribution in [3.05, 3.63) is 29.8 Å². The van der Waals surface area contributed by atoms with Crippen LogP contribution in [0.15, 0.2) is 24.3 Å². The molecule has 1 aromatic carbocycles. The van der Waals surface area contributed by atoms with Gasteiger partial charge in [-0.05, 0) is 44.0 Å². The lowest BCUT2D eigenvalue weighted by Gasteiger charge is -2.15. The van der Waals surface area contributed by atoms with Gasteiger partial charge in [0.05, 0.1) is 4.32 Å². The molecule has 0 unspecified atom stereocenters. The van der Waals surface area contributed by atoms with Crippen molar-refractivity contribution in [1.82, 2.24) is 0 Å². The van der Waals surface area contributed by atoms with Gasteiger partial charge in [0.15, 0.2) is 5.78 Å². The molecule has 1 rings (SSSR count). The number of alkyl halides is 1. The molecule has 19 heavy (non-hydrogen) atoms. The zero-order valence-electron chi connectivity index (χ0n) is 11.8. The van der Waals surface area contributed by atoms with Crippen molar-refractivity contribution in [2.45, 2.75) is 38.4 Å². The Kier molecular flexibility index (Phi) is 5.29. The molecule has 0 fully saturated rings. The van der Waals surface area contributed by atoms with E-state index >= 15 is 0 Å². The first kappa shape index (κ1) is 15.9. The lowest BCUT2D eigenvalue weighted by Crippen LogP contribution is -2.24. The van der Waals surface area contributed by atoms with E-state index < -0.39 is 4.32 Å². The molecule has 0 saturated heterocycles. The highest BCUT2D eigenvalue weighted by atomic mass is 79.9. The Morgan fingerprint density at radius 2 is 1.74 bits per heavy atom. The van der Waals surface area contributed by atoms with Crippen LogP contribution in [0.3, 0.4) is 0 Å². The molecule has 0 atom stereocenters. The van der Waals surface area contributed by atoms with Gasteiger partial charge in [0.25, 0.3) is 0 Å². The fraction of sp³-hybridized carbons (Fsp3) is 0.467. The molecule has 0 bridgehead atoms. The molecule has 3 nitrogen and oxygen atoms in total. The monoisotopic (exact) mass is 325 g/mol. The lowest BCUT2D eigenvalue weighted by molar-refractivity contribution is -0.116. The van der Waals surface area contributed by atoms with Crippen molar-refractivity contribution in [1.29, 1.82) is 0 Å². The average molecular weight is 326 g/mol. The van der Waals surface area contributed by atoms with Gasteiger partial charge in [-0.25, -0.2) is 0 Å². The Bertz CT molecular complexity index is 458. The maximum absolute atomic E-state index is 12.0. The second-order valence-corrected chi connectivity index (χ2v) is 7.51. The zero-order valence-corrected chi connectivity index (χ0v) is 13.4. The molecule has 4 heteroatoms. The second kappa shape index (κ2) is 6.33. The molecule has 1 aromatic rings. The Labute approximate surface area is 122 Å². The summed E-state index contributed by atoms with van der Waals surface area (Å²) in [7, 11) is 0. The summed E-state index contributed by atoms with van der Waals surface area (Å²) in [5.41, 5.74) is 1.35. The number of Topliss-reactive ketones (excluding diaryl/α,β-unsaturated/α-hetero) is 1. The molecule has 0 spiro atoms. The number of ketones is 1. The van der Waals surface area contributed by atoms with Crippen LogP contribution in [0.5, 0.6) is 0 Å². The Balaban J connectivity index is 2.72. The van der Waals surface area contributed by atoms with E-state index in [9.17, 15) is 9.59 Å². The van der Waals surface area contributed by atoms with E-state index in [1.165, 1.54) is 0 Å². The van der Waals surface area contributed by atoms with Gasteiger partial charge in [0, 0.05) is 17.7 Å². The minimum atomic E-state index is -0.574. The van der Waals surface area contributed by atoms with Crippen molar-refractivity contribution >= 4 is 33.3 Å². The smallest absolute Gasteiger partial charge is 0.224 e. The van der Waals surface area contributed by atoms with E-state index in [1.807, 2.05) is 27.7 Å². The van der Waals surface area contributed by atoms with Crippen molar-refractivity contribution in [3.63, 3.8) is 0 Å². The molecule has 0 heterocycles. The number of nitrogens with one attached hydrogen (secondary N) is 1. The third-order valence-electron chi connectivity index (χ3n) is 2.56. The first-order valence-electron chi connectivity index (χ1n) is 6.34. The zero-order chi connectivity index (χ0) is 14.6. The van der Waals surface area contributed by atoms with Gasteiger partial charge in [-0.3, -0.25) is 9.59 Å². The van der Waals surface area contributed by atoms with E-state index in [4.69, 9.17) is 0 Å². The minimum Gasteiger partial charge on any atom is -0.326 e. The Morgan fingerprint density at radius 3 is 2.16 bits per heavy atom. The number of anilines is 1. The van der Waals surface area contributed by atoms with E-state index in [1.54, 1.807) is 24.3 Å². The third kappa shape index (κ3) is 5.15. The van der Waals surface area contributed by atoms with Gasteiger partial charge >= 0.3 is 0 Å². The van der Waals surface area contributed by atoms with E-state index in [0.29, 0.717) is 17.9 Å². The highest BCUT2D eigenvalue weighted by Crippen LogP contribution is 2.23. The van der Waals surface area contributed by atoms with Gasteiger partial charge in [-0.15, -0.1) is 0 Å².